The number of nitrogens with one attached hydrogen (secondary N) is 1. The number of aromatic amines is 1. The van der Waals surface area contributed by atoms with Crippen LogP contribution in [0.4, 0.5) is 10.7 Å². The van der Waals surface area contributed by atoms with Crippen molar-refractivity contribution >= 4 is 39.0 Å². The van der Waals surface area contributed by atoms with Crippen LogP contribution in [0.1, 0.15) is 12.0 Å². The van der Waals surface area contributed by atoms with Gasteiger partial charge in [0.05, 0.1) is 23.1 Å². The molecule has 2 aliphatic rings. The van der Waals surface area contributed by atoms with Gasteiger partial charge in [0, 0.05) is 38.4 Å². The summed E-state index contributed by atoms with van der Waals surface area (Å²) >= 11 is 1.63. The lowest BCUT2D eigenvalue weighted by atomic mass is 10.0. The molecule has 168 valence electrons. The molecule has 8 heteroatoms. The number of hydrogen-bond acceptors (Lipinski definition) is 6. The first-order chi connectivity index (χ1) is 16.3. The second-order valence-corrected chi connectivity index (χ2v) is 9.46. The summed E-state index contributed by atoms with van der Waals surface area (Å²) in [7, 11) is 0. The zero-order chi connectivity index (χ0) is 22.2. The van der Waals surface area contributed by atoms with Gasteiger partial charge in [-0.1, -0.05) is 30.3 Å². The Morgan fingerprint density at radius 3 is 2.70 bits per heavy atom. The van der Waals surface area contributed by atoms with Crippen LogP contribution in [0.3, 0.4) is 0 Å². The summed E-state index contributed by atoms with van der Waals surface area (Å²) < 4.78 is 0. The SMILES string of the molecule is O=C(CN1CCCc2ccccc21)N1CCN(c2scnc2-c2nc3ccccc3[nH]2)CC1. The third-order valence-corrected chi connectivity index (χ3v) is 7.50. The van der Waals surface area contributed by atoms with Crippen molar-refractivity contribution in [1.82, 2.24) is 19.9 Å². The molecule has 6 rings (SSSR count). The van der Waals surface area contributed by atoms with E-state index in [9.17, 15) is 4.79 Å². The number of nitrogens with zero attached hydrogens (tertiary/aromatic N) is 5. The largest absolute Gasteiger partial charge is 0.362 e. The highest BCUT2D eigenvalue weighted by Crippen LogP contribution is 2.34. The van der Waals surface area contributed by atoms with Gasteiger partial charge in [0.25, 0.3) is 0 Å². The number of piperazine rings is 1. The molecule has 0 spiro atoms. The number of carbonyl (C=O) groups is 1. The maximum absolute atomic E-state index is 13.1. The van der Waals surface area contributed by atoms with Gasteiger partial charge in [-0.15, -0.1) is 11.3 Å². The van der Waals surface area contributed by atoms with Crippen molar-refractivity contribution in [1.29, 1.82) is 0 Å². The van der Waals surface area contributed by atoms with Crippen LogP contribution in [0.15, 0.2) is 54.0 Å². The molecule has 2 aliphatic heterocycles. The summed E-state index contributed by atoms with van der Waals surface area (Å²) in [6, 6.07) is 16.5. The molecule has 0 aliphatic carbocycles. The smallest absolute Gasteiger partial charge is 0.242 e. The topological polar surface area (TPSA) is 68.4 Å². The molecule has 0 radical (unpaired) electrons. The van der Waals surface area contributed by atoms with E-state index in [1.54, 1.807) is 11.3 Å². The van der Waals surface area contributed by atoms with Crippen LogP contribution in [0.5, 0.6) is 0 Å². The highest BCUT2D eigenvalue weighted by atomic mass is 32.1. The van der Waals surface area contributed by atoms with E-state index >= 15 is 0 Å². The minimum absolute atomic E-state index is 0.216. The monoisotopic (exact) mass is 458 g/mol. The van der Waals surface area contributed by atoms with E-state index in [-0.39, 0.29) is 5.91 Å². The first-order valence-corrected chi connectivity index (χ1v) is 12.4. The van der Waals surface area contributed by atoms with E-state index in [0.29, 0.717) is 6.54 Å². The number of imidazole rings is 1. The summed E-state index contributed by atoms with van der Waals surface area (Å²) in [5, 5.41) is 1.12. The van der Waals surface area contributed by atoms with Gasteiger partial charge in [-0.2, -0.15) is 0 Å². The molecule has 0 saturated carbocycles. The minimum Gasteiger partial charge on any atom is -0.362 e. The Bertz CT molecular complexity index is 1260. The molecule has 7 nitrogen and oxygen atoms in total. The van der Waals surface area contributed by atoms with Gasteiger partial charge in [0.15, 0.2) is 5.82 Å². The molecule has 33 heavy (non-hydrogen) atoms. The van der Waals surface area contributed by atoms with Crippen molar-refractivity contribution in [3.05, 3.63) is 59.6 Å². The average molecular weight is 459 g/mol. The van der Waals surface area contributed by atoms with Crippen LogP contribution >= 0.6 is 11.3 Å². The summed E-state index contributed by atoms with van der Waals surface area (Å²) in [6.07, 6.45) is 2.20. The Morgan fingerprint density at radius 2 is 1.82 bits per heavy atom. The van der Waals surface area contributed by atoms with Crippen molar-refractivity contribution in [2.75, 3.05) is 49.1 Å². The van der Waals surface area contributed by atoms with Crippen LogP contribution in [-0.4, -0.2) is 65.0 Å². The fraction of sp³-hybridized carbons (Fsp3) is 0.320. The molecule has 1 saturated heterocycles. The Kier molecular flexibility index (Phi) is 5.22. The van der Waals surface area contributed by atoms with Gasteiger partial charge < -0.3 is 19.7 Å². The van der Waals surface area contributed by atoms with Crippen molar-refractivity contribution in [2.45, 2.75) is 12.8 Å². The maximum Gasteiger partial charge on any atom is 0.242 e. The third-order valence-electron chi connectivity index (χ3n) is 6.61. The highest BCUT2D eigenvalue weighted by Gasteiger charge is 2.27. The van der Waals surface area contributed by atoms with Gasteiger partial charge in [-0.3, -0.25) is 4.79 Å². The quantitative estimate of drug-likeness (QED) is 0.504. The molecule has 1 N–H and O–H groups in total. The minimum atomic E-state index is 0.216. The number of aryl methyl sites for hydroxylation is 1. The van der Waals surface area contributed by atoms with Gasteiger partial charge in [-0.05, 0) is 36.6 Å². The first-order valence-electron chi connectivity index (χ1n) is 11.5. The lowest BCUT2D eigenvalue weighted by molar-refractivity contribution is -0.130. The number of H-pyrrole nitrogens is 1. The molecule has 0 bridgehead atoms. The van der Waals surface area contributed by atoms with E-state index < -0.39 is 0 Å². The number of rotatable bonds is 4. The highest BCUT2D eigenvalue weighted by molar-refractivity contribution is 7.14. The maximum atomic E-state index is 13.1. The molecule has 2 aromatic heterocycles. The second kappa shape index (κ2) is 8.51. The predicted molar refractivity (Wildman–Crippen MR) is 133 cm³/mol. The summed E-state index contributed by atoms with van der Waals surface area (Å²) in [5.74, 6) is 1.02. The average Bonchev–Trinajstić information content (AvgIpc) is 3.51. The molecule has 4 aromatic rings. The molecular weight excluding hydrogens is 432 g/mol. The van der Waals surface area contributed by atoms with Gasteiger partial charge in [0.2, 0.25) is 5.91 Å². The Morgan fingerprint density at radius 1 is 1.00 bits per heavy atom. The normalized spacial score (nSPS) is 16.3. The van der Waals surface area contributed by atoms with E-state index in [1.807, 2.05) is 34.7 Å². The molecule has 0 atom stereocenters. The predicted octanol–water partition coefficient (Wildman–Crippen LogP) is 3.79. The van der Waals surface area contributed by atoms with Crippen molar-refractivity contribution in [3.63, 3.8) is 0 Å². The van der Waals surface area contributed by atoms with Crippen molar-refractivity contribution in [2.24, 2.45) is 0 Å². The molecule has 2 aromatic carbocycles. The Labute approximate surface area is 196 Å². The standard InChI is InChI=1S/C25H26N6OS/c32-22(16-31-11-5-7-18-6-1-4-10-21(18)31)29-12-14-30(15-13-29)25-23(26-17-33-25)24-27-19-8-2-3-9-20(19)28-24/h1-4,6,8-10,17H,5,7,11-16H2,(H,27,28). The van der Waals surface area contributed by atoms with Gasteiger partial charge in [0.1, 0.15) is 10.7 Å². The number of para-hydroxylation sites is 3. The lowest BCUT2D eigenvalue weighted by Crippen LogP contribution is -2.51. The Balaban J connectivity index is 1.12. The van der Waals surface area contributed by atoms with Crippen LogP contribution < -0.4 is 9.80 Å². The molecular formula is C25H26N6OS. The third kappa shape index (κ3) is 3.84. The summed E-state index contributed by atoms with van der Waals surface area (Å²) in [4.78, 5) is 32.4. The zero-order valence-electron chi connectivity index (χ0n) is 18.4. The number of hydrogen-bond donors (Lipinski definition) is 1. The number of aromatic nitrogens is 3. The Hall–Kier alpha value is -3.39. The molecule has 1 fully saturated rings. The zero-order valence-corrected chi connectivity index (χ0v) is 19.2. The van der Waals surface area contributed by atoms with Crippen LogP contribution in [0.25, 0.3) is 22.6 Å². The van der Waals surface area contributed by atoms with Gasteiger partial charge in [-0.25, -0.2) is 9.97 Å². The number of carbonyl (C=O) groups excluding carboxylic acids is 1. The van der Waals surface area contributed by atoms with E-state index in [4.69, 9.17) is 4.98 Å². The lowest BCUT2D eigenvalue weighted by Gasteiger charge is -2.37. The van der Waals surface area contributed by atoms with E-state index in [1.165, 1.54) is 11.3 Å². The fourth-order valence-corrected chi connectivity index (χ4v) is 5.74. The molecule has 4 heterocycles. The number of amides is 1. The van der Waals surface area contributed by atoms with Crippen LogP contribution in [0, 0.1) is 0 Å². The molecule has 1 amide bonds. The van der Waals surface area contributed by atoms with Crippen LogP contribution in [-0.2, 0) is 11.2 Å². The van der Waals surface area contributed by atoms with E-state index in [2.05, 4.69) is 44.0 Å². The van der Waals surface area contributed by atoms with Crippen molar-refractivity contribution in [3.8, 4) is 11.5 Å². The first kappa shape index (κ1) is 20.2. The number of benzene rings is 2. The fourth-order valence-electron chi connectivity index (χ4n) is 4.89. The van der Waals surface area contributed by atoms with E-state index in [0.717, 1.165) is 73.1 Å². The number of anilines is 2. The van der Waals surface area contributed by atoms with Crippen molar-refractivity contribution < 1.29 is 4.79 Å². The van der Waals surface area contributed by atoms with Crippen LogP contribution in [0.2, 0.25) is 0 Å². The van der Waals surface area contributed by atoms with Gasteiger partial charge >= 0.3 is 0 Å². The molecule has 0 unspecified atom stereocenters. The second-order valence-electron chi connectivity index (χ2n) is 8.63. The summed E-state index contributed by atoms with van der Waals surface area (Å²) in [5.41, 5.74) is 7.30. The number of thiazole rings is 1. The summed E-state index contributed by atoms with van der Waals surface area (Å²) in [6.45, 7) is 4.47. The number of fused-ring (bicyclic) bond motifs is 2.